The summed E-state index contributed by atoms with van der Waals surface area (Å²) in [5.41, 5.74) is 7.16. The molecule has 0 spiro atoms. The van der Waals surface area contributed by atoms with Crippen LogP contribution in [0.5, 0.6) is 0 Å². The second-order valence-electron chi connectivity index (χ2n) is 13.8. The number of dihydropyridines is 1. The van der Waals surface area contributed by atoms with Gasteiger partial charge in [-0.1, -0.05) is 152 Å². The van der Waals surface area contributed by atoms with E-state index in [1.54, 1.807) is 0 Å². The van der Waals surface area contributed by atoms with Crippen LogP contribution in [0.1, 0.15) is 17.3 Å². The molecular formula is C49H32N2. The summed E-state index contributed by atoms with van der Waals surface area (Å²) in [5.74, 6) is 0. The van der Waals surface area contributed by atoms with Crippen LogP contribution in [0.4, 0.5) is 0 Å². The maximum atomic E-state index is 4.06. The first kappa shape index (κ1) is 28.2. The van der Waals surface area contributed by atoms with E-state index in [4.69, 9.17) is 0 Å². The van der Waals surface area contributed by atoms with Gasteiger partial charge in [-0.05, 0) is 90.1 Å². The molecule has 1 atom stereocenters. The van der Waals surface area contributed by atoms with Gasteiger partial charge in [0.2, 0.25) is 0 Å². The van der Waals surface area contributed by atoms with Gasteiger partial charge in [0, 0.05) is 27.2 Å². The van der Waals surface area contributed by atoms with Crippen molar-refractivity contribution in [3.05, 3.63) is 193 Å². The molecule has 0 amide bonds. The normalized spacial score (nSPS) is 14.9. The van der Waals surface area contributed by atoms with Crippen molar-refractivity contribution in [1.82, 2.24) is 9.88 Å². The molecule has 2 heteroatoms. The number of aromatic nitrogens is 1. The molecule has 1 aliphatic rings. The number of benzene rings is 9. The fourth-order valence-corrected chi connectivity index (χ4v) is 8.59. The first-order valence-corrected chi connectivity index (χ1v) is 17.7. The van der Waals surface area contributed by atoms with Crippen LogP contribution in [0.2, 0.25) is 0 Å². The Morgan fingerprint density at radius 2 is 0.980 bits per heavy atom. The maximum Gasteiger partial charge on any atom is 0.124 e. The van der Waals surface area contributed by atoms with E-state index in [9.17, 15) is 0 Å². The third-order valence-electron chi connectivity index (χ3n) is 10.9. The molecule has 2 heterocycles. The lowest BCUT2D eigenvalue weighted by Crippen LogP contribution is -2.26. The van der Waals surface area contributed by atoms with Crippen LogP contribution in [0.3, 0.4) is 0 Å². The smallest absolute Gasteiger partial charge is 0.124 e. The lowest BCUT2D eigenvalue weighted by Gasteiger charge is -2.28. The zero-order valence-corrected chi connectivity index (χ0v) is 27.8. The monoisotopic (exact) mass is 648 g/mol. The molecule has 9 aromatic carbocycles. The number of nitrogens with zero attached hydrogens (tertiary/aromatic N) is 1. The summed E-state index contributed by atoms with van der Waals surface area (Å²) < 4.78 is 2.56. The maximum absolute atomic E-state index is 4.06. The number of nitrogens with one attached hydrogen (secondary N) is 1. The molecule has 0 radical (unpaired) electrons. The van der Waals surface area contributed by atoms with Gasteiger partial charge in [-0.25, -0.2) is 0 Å². The van der Waals surface area contributed by atoms with Gasteiger partial charge in [-0.2, -0.15) is 0 Å². The molecule has 0 aliphatic carbocycles. The molecule has 1 N–H and O–H groups in total. The molecule has 10 aromatic rings. The van der Waals surface area contributed by atoms with Gasteiger partial charge in [0.1, 0.15) is 6.17 Å². The van der Waals surface area contributed by atoms with Crippen LogP contribution >= 0.6 is 0 Å². The van der Waals surface area contributed by atoms with E-state index in [0.717, 1.165) is 5.70 Å². The van der Waals surface area contributed by atoms with Crippen molar-refractivity contribution in [3.63, 3.8) is 0 Å². The van der Waals surface area contributed by atoms with Crippen LogP contribution in [0, 0.1) is 0 Å². The third kappa shape index (κ3) is 4.30. The average Bonchev–Trinajstić information content (AvgIpc) is 3.55. The second-order valence-corrected chi connectivity index (χ2v) is 13.8. The van der Waals surface area contributed by atoms with Crippen molar-refractivity contribution in [2.45, 2.75) is 6.17 Å². The minimum Gasteiger partial charge on any atom is -0.361 e. The van der Waals surface area contributed by atoms with Crippen LogP contribution < -0.4 is 5.32 Å². The van der Waals surface area contributed by atoms with E-state index in [1.165, 1.54) is 92.4 Å². The van der Waals surface area contributed by atoms with Crippen LogP contribution in [0.15, 0.2) is 182 Å². The molecule has 2 nitrogen and oxygen atoms in total. The molecule has 238 valence electrons. The topological polar surface area (TPSA) is 17.0 Å². The number of allylic oxidation sites excluding steroid dienone is 2. The van der Waals surface area contributed by atoms with Gasteiger partial charge in [-0.3, -0.25) is 0 Å². The molecular weight excluding hydrogens is 617 g/mol. The highest BCUT2D eigenvalue weighted by molar-refractivity contribution is 6.36. The fraction of sp³-hybridized carbons (Fsp3) is 0.0204. The van der Waals surface area contributed by atoms with Gasteiger partial charge in [0.15, 0.2) is 0 Å². The van der Waals surface area contributed by atoms with E-state index < -0.39 is 0 Å². The van der Waals surface area contributed by atoms with Crippen LogP contribution in [0.25, 0.3) is 86.9 Å². The predicted octanol–water partition coefficient (Wildman–Crippen LogP) is 12.8. The first-order valence-electron chi connectivity index (χ1n) is 17.7. The predicted molar refractivity (Wildman–Crippen MR) is 218 cm³/mol. The summed E-state index contributed by atoms with van der Waals surface area (Å²) in [6.45, 7) is 0. The minimum atomic E-state index is -0.156. The molecule has 51 heavy (non-hydrogen) atoms. The van der Waals surface area contributed by atoms with E-state index in [-0.39, 0.29) is 6.17 Å². The summed E-state index contributed by atoms with van der Waals surface area (Å²) in [4.78, 5) is 0. The van der Waals surface area contributed by atoms with E-state index in [0.29, 0.717) is 0 Å². The van der Waals surface area contributed by atoms with Crippen LogP contribution in [-0.4, -0.2) is 4.57 Å². The molecule has 1 unspecified atom stereocenters. The molecule has 11 rings (SSSR count). The zero-order chi connectivity index (χ0) is 33.5. The lowest BCUT2D eigenvalue weighted by molar-refractivity contribution is 0.592. The SMILES string of the molecule is C1=C(c2ccc3ccccc3c2)C=C(c2ccc3ccccc3c2)NC1n1c2ccccc2c2c3c4ccccc4ccc3c3ccccc3c21. The molecule has 0 bridgehead atoms. The Morgan fingerprint density at radius 1 is 0.412 bits per heavy atom. The number of fused-ring (bicyclic) bond motifs is 12. The average molecular weight is 649 g/mol. The largest absolute Gasteiger partial charge is 0.361 e. The van der Waals surface area contributed by atoms with Gasteiger partial charge >= 0.3 is 0 Å². The highest BCUT2D eigenvalue weighted by atomic mass is 15.2. The Morgan fingerprint density at radius 3 is 1.75 bits per heavy atom. The molecule has 1 aliphatic heterocycles. The minimum absolute atomic E-state index is 0.156. The Labute approximate surface area is 295 Å². The van der Waals surface area contributed by atoms with Crippen molar-refractivity contribution in [2.24, 2.45) is 0 Å². The zero-order valence-electron chi connectivity index (χ0n) is 27.8. The summed E-state index contributed by atoms with van der Waals surface area (Å²) in [6.07, 6.45) is 4.60. The Hall–Kier alpha value is -6.64. The quantitative estimate of drug-likeness (QED) is 0.189. The molecule has 1 aromatic heterocycles. The molecule has 0 saturated heterocycles. The van der Waals surface area contributed by atoms with Crippen molar-refractivity contribution >= 4 is 86.9 Å². The number of hydrogen-bond donors (Lipinski definition) is 1. The third-order valence-corrected chi connectivity index (χ3v) is 10.9. The van der Waals surface area contributed by atoms with Gasteiger partial charge < -0.3 is 9.88 Å². The van der Waals surface area contributed by atoms with Gasteiger partial charge in [0.25, 0.3) is 0 Å². The van der Waals surface area contributed by atoms with Crippen molar-refractivity contribution in [2.75, 3.05) is 0 Å². The van der Waals surface area contributed by atoms with E-state index in [2.05, 4.69) is 192 Å². The Balaban J connectivity index is 1.24. The fourth-order valence-electron chi connectivity index (χ4n) is 8.59. The highest BCUT2D eigenvalue weighted by Gasteiger charge is 2.25. The van der Waals surface area contributed by atoms with Crippen LogP contribution in [-0.2, 0) is 0 Å². The van der Waals surface area contributed by atoms with Gasteiger partial charge in [0.05, 0.1) is 11.0 Å². The molecule has 0 saturated carbocycles. The summed E-state index contributed by atoms with van der Waals surface area (Å²) >= 11 is 0. The number of para-hydroxylation sites is 1. The first-order chi connectivity index (χ1) is 25.3. The lowest BCUT2D eigenvalue weighted by atomic mass is 9.92. The second kappa shape index (κ2) is 10.9. The van der Waals surface area contributed by atoms with E-state index in [1.807, 2.05) is 0 Å². The van der Waals surface area contributed by atoms with Crippen molar-refractivity contribution in [1.29, 1.82) is 0 Å². The summed E-state index contributed by atoms with van der Waals surface area (Å²) in [5, 5.41) is 19.3. The van der Waals surface area contributed by atoms with Crippen molar-refractivity contribution < 1.29 is 0 Å². The Kier molecular flexibility index (Phi) is 6.05. The van der Waals surface area contributed by atoms with Crippen molar-refractivity contribution in [3.8, 4) is 0 Å². The number of rotatable bonds is 3. The highest BCUT2D eigenvalue weighted by Crippen LogP contribution is 2.45. The van der Waals surface area contributed by atoms with Gasteiger partial charge in [-0.15, -0.1) is 0 Å². The number of hydrogen-bond acceptors (Lipinski definition) is 1. The van der Waals surface area contributed by atoms with E-state index >= 15 is 0 Å². The molecule has 0 fully saturated rings. The standard InChI is InChI=1S/C49H32N2/c1-3-14-34-27-36(23-21-31(34)11-1)38-29-44(37-24-22-32-12-2-4-15-35(32)28-37)50-46(30-38)51-45-20-10-9-19-43(45)48-47-39-16-6-5-13-33(39)25-26-41(47)40-17-7-8-18-42(40)49(48)51/h1-30,46,50H. The summed E-state index contributed by atoms with van der Waals surface area (Å²) in [7, 11) is 0. The summed E-state index contributed by atoms with van der Waals surface area (Å²) in [6, 6.07) is 62.2. The Bertz CT molecular complexity index is 3120.